The lowest BCUT2D eigenvalue weighted by atomic mass is 9.97. The molecule has 0 aliphatic carbocycles. The molecule has 7 nitrogen and oxygen atoms in total. The lowest BCUT2D eigenvalue weighted by molar-refractivity contribution is 0.194. The normalized spacial score (nSPS) is 17.6. The van der Waals surface area contributed by atoms with Crippen LogP contribution in [0.15, 0.2) is 47.3 Å². The Balaban J connectivity index is 1.50. The number of pyridine rings is 1. The number of nitrogens with one attached hydrogen (secondary N) is 1. The number of methoxy groups -OCH3 is 1. The van der Waals surface area contributed by atoms with Crippen molar-refractivity contribution in [2.45, 2.75) is 32.2 Å². The highest BCUT2D eigenvalue weighted by Gasteiger charge is 2.25. The second-order valence-electron chi connectivity index (χ2n) is 7.27. The molecular weight excluding hydrogens is 354 g/mol. The molecule has 2 aromatic heterocycles. The van der Waals surface area contributed by atoms with Gasteiger partial charge in [0.1, 0.15) is 11.6 Å². The third-order valence-electron chi connectivity index (χ3n) is 5.18. The monoisotopic (exact) mass is 379 g/mol. The van der Waals surface area contributed by atoms with E-state index in [4.69, 9.17) is 4.74 Å². The molecule has 1 atom stereocenters. The fourth-order valence-corrected chi connectivity index (χ4v) is 3.76. The molecule has 1 saturated heterocycles. The zero-order valence-corrected chi connectivity index (χ0v) is 16.3. The Morgan fingerprint density at radius 1 is 1.21 bits per heavy atom. The van der Waals surface area contributed by atoms with Gasteiger partial charge in [0, 0.05) is 24.7 Å². The molecule has 28 heavy (non-hydrogen) atoms. The maximum atomic E-state index is 12.4. The van der Waals surface area contributed by atoms with Gasteiger partial charge in [-0.3, -0.25) is 14.9 Å². The van der Waals surface area contributed by atoms with E-state index in [-0.39, 0.29) is 11.6 Å². The molecule has 0 saturated carbocycles. The van der Waals surface area contributed by atoms with Crippen molar-refractivity contribution in [1.82, 2.24) is 24.6 Å². The minimum absolute atomic E-state index is 0.211. The van der Waals surface area contributed by atoms with Gasteiger partial charge in [0.25, 0.3) is 0 Å². The van der Waals surface area contributed by atoms with Gasteiger partial charge in [-0.05, 0) is 62.7 Å². The third-order valence-corrected chi connectivity index (χ3v) is 5.18. The second kappa shape index (κ2) is 7.98. The fraction of sp³-hybridized carbons (Fsp3) is 0.381. The number of H-pyrrole nitrogens is 1. The Labute approximate surface area is 164 Å². The van der Waals surface area contributed by atoms with Crippen LogP contribution in [0.2, 0.25) is 0 Å². The number of aromatic nitrogens is 4. The molecule has 1 aliphatic heterocycles. The molecule has 1 aromatic carbocycles. The summed E-state index contributed by atoms with van der Waals surface area (Å²) in [5.74, 6) is 1.72. The number of hydrogen-bond acceptors (Lipinski definition) is 5. The molecule has 7 heteroatoms. The molecule has 0 amide bonds. The number of aromatic amines is 1. The van der Waals surface area contributed by atoms with Crippen LogP contribution in [0.25, 0.3) is 5.69 Å². The van der Waals surface area contributed by atoms with E-state index in [0.717, 1.165) is 61.1 Å². The molecule has 0 radical (unpaired) electrons. The van der Waals surface area contributed by atoms with Crippen LogP contribution in [0.1, 0.15) is 36.0 Å². The molecule has 146 valence electrons. The average molecular weight is 379 g/mol. The van der Waals surface area contributed by atoms with Gasteiger partial charge in [0.05, 0.1) is 18.5 Å². The van der Waals surface area contributed by atoms with E-state index in [0.29, 0.717) is 0 Å². The number of aryl methyl sites for hydroxylation is 1. The molecule has 1 unspecified atom stereocenters. The van der Waals surface area contributed by atoms with Gasteiger partial charge < -0.3 is 4.74 Å². The number of piperidine rings is 1. The lowest BCUT2D eigenvalue weighted by Crippen LogP contribution is -2.34. The molecule has 3 heterocycles. The summed E-state index contributed by atoms with van der Waals surface area (Å²) < 4.78 is 6.60. The summed E-state index contributed by atoms with van der Waals surface area (Å²) in [6, 6.07) is 13.5. The van der Waals surface area contributed by atoms with Crippen molar-refractivity contribution in [3.8, 4) is 11.4 Å². The van der Waals surface area contributed by atoms with Gasteiger partial charge in [-0.1, -0.05) is 6.07 Å². The largest absolute Gasteiger partial charge is 0.497 e. The van der Waals surface area contributed by atoms with E-state index in [9.17, 15) is 4.79 Å². The van der Waals surface area contributed by atoms with Gasteiger partial charge in [0.15, 0.2) is 0 Å². The van der Waals surface area contributed by atoms with Crippen molar-refractivity contribution in [2.75, 3.05) is 20.2 Å². The van der Waals surface area contributed by atoms with Crippen LogP contribution in [0.4, 0.5) is 0 Å². The maximum Gasteiger partial charge on any atom is 0.348 e. The Morgan fingerprint density at radius 3 is 2.79 bits per heavy atom. The summed E-state index contributed by atoms with van der Waals surface area (Å²) in [5.41, 5.74) is 2.63. The quantitative estimate of drug-likeness (QED) is 0.738. The first-order valence-corrected chi connectivity index (χ1v) is 9.61. The van der Waals surface area contributed by atoms with Crippen molar-refractivity contribution in [1.29, 1.82) is 0 Å². The zero-order valence-electron chi connectivity index (χ0n) is 16.3. The van der Waals surface area contributed by atoms with Crippen LogP contribution in [0.3, 0.4) is 0 Å². The van der Waals surface area contributed by atoms with Crippen molar-refractivity contribution in [2.24, 2.45) is 0 Å². The van der Waals surface area contributed by atoms with Gasteiger partial charge in [-0.15, -0.1) is 5.10 Å². The summed E-state index contributed by atoms with van der Waals surface area (Å²) >= 11 is 0. The molecule has 1 fully saturated rings. The van der Waals surface area contributed by atoms with Crippen LogP contribution in [-0.2, 0) is 6.54 Å². The molecule has 0 spiro atoms. The van der Waals surface area contributed by atoms with E-state index in [2.05, 4.69) is 26.0 Å². The van der Waals surface area contributed by atoms with Crippen LogP contribution in [-0.4, -0.2) is 44.8 Å². The molecular formula is C21H25N5O2. The van der Waals surface area contributed by atoms with E-state index >= 15 is 0 Å². The smallest absolute Gasteiger partial charge is 0.348 e. The number of nitrogens with zero attached hydrogens (tertiary/aromatic N) is 4. The fourth-order valence-electron chi connectivity index (χ4n) is 3.76. The highest BCUT2D eigenvalue weighted by atomic mass is 16.5. The van der Waals surface area contributed by atoms with Crippen molar-refractivity contribution < 1.29 is 4.74 Å². The van der Waals surface area contributed by atoms with Gasteiger partial charge in [-0.2, -0.15) is 4.68 Å². The highest BCUT2D eigenvalue weighted by Crippen LogP contribution is 2.25. The lowest BCUT2D eigenvalue weighted by Gasteiger charge is -2.31. The Kier molecular flexibility index (Phi) is 5.25. The minimum Gasteiger partial charge on any atom is -0.497 e. The Bertz CT molecular complexity index is 993. The van der Waals surface area contributed by atoms with Gasteiger partial charge in [-0.25, -0.2) is 4.79 Å². The van der Waals surface area contributed by atoms with Gasteiger partial charge >= 0.3 is 5.69 Å². The zero-order chi connectivity index (χ0) is 19.5. The molecule has 4 rings (SSSR count). The highest BCUT2D eigenvalue weighted by molar-refractivity contribution is 5.36. The number of benzene rings is 1. The number of rotatable bonds is 5. The average Bonchev–Trinajstić information content (AvgIpc) is 3.10. The van der Waals surface area contributed by atoms with E-state index in [1.165, 1.54) is 4.68 Å². The first-order chi connectivity index (χ1) is 13.6. The van der Waals surface area contributed by atoms with Gasteiger partial charge in [0.2, 0.25) is 0 Å². The molecule has 0 bridgehead atoms. The number of hydrogen-bond donors (Lipinski definition) is 1. The Hall–Kier alpha value is -2.93. The first-order valence-electron chi connectivity index (χ1n) is 9.61. The third kappa shape index (κ3) is 3.99. The molecule has 1 N–H and O–H groups in total. The summed E-state index contributed by atoms with van der Waals surface area (Å²) in [7, 11) is 1.62. The predicted octanol–water partition coefficient (Wildman–Crippen LogP) is 2.65. The summed E-state index contributed by atoms with van der Waals surface area (Å²) in [6.45, 7) is 4.74. The first kappa shape index (κ1) is 18.4. The maximum absolute atomic E-state index is 12.4. The van der Waals surface area contributed by atoms with E-state index in [1.807, 2.05) is 43.3 Å². The summed E-state index contributed by atoms with van der Waals surface area (Å²) in [4.78, 5) is 22.4. The van der Waals surface area contributed by atoms with Crippen LogP contribution < -0.4 is 10.4 Å². The molecule has 3 aromatic rings. The van der Waals surface area contributed by atoms with E-state index in [1.54, 1.807) is 7.11 Å². The molecule has 1 aliphatic rings. The summed E-state index contributed by atoms with van der Waals surface area (Å²) in [5, 5.41) is 4.58. The second-order valence-corrected chi connectivity index (χ2v) is 7.27. The number of likely N-dealkylation sites (tertiary alicyclic amines) is 1. The van der Waals surface area contributed by atoms with Crippen LogP contribution in [0, 0.1) is 6.92 Å². The Morgan fingerprint density at radius 2 is 2.04 bits per heavy atom. The minimum atomic E-state index is -0.211. The topological polar surface area (TPSA) is 76.0 Å². The standard InChI is InChI=1S/C21H25N5O2/c1-15-5-3-7-17(22-15)14-25-12-4-6-16(13-25)20-23-21(27)26(24-20)18-8-10-19(28-2)11-9-18/h3,5,7-11,16H,4,6,12-14H2,1-2H3,(H,23,24,27). The SMILES string of the molecule is COc1ccc(-n2nc(C3CCCN(Cc4cccc(C)n4)C3)[nH]c2=O)cc1. The van der Waals surface area contributed by atoms with Crippen LogP contribution in [0.5, 0.6) is 5.75 Å². The van der Waals surface area contributed by atoms with Crippen LogP contribution >= 0.6 is 0 Å². The van der Waals surface area contributed by atoms with Crippen molar-refractivity contribution in [3.63, 3.8) is 0 Å². The summed E-state index contributed by atoms with van der Waals surface area (Å²) in [6.07, 6.45) is 2.10. The predicted molar refractivity (Wildman–Crippen MR) is 107 cm³/mol. The van der Waals surface area contributed by atoms with E-state index < -0.39 is 0 Å². The van der Waals surface area contributed by atoms with Crippen molar-refractivity contribution >= 4 is 0 Å². The number of ether oxygens (including phenoxy) is 1. The van der Waals surface area contributed by atoms with Crippen molar-refractivity contribution in [3.05, 3.63) is 70.2 Å².